The highest BCUT2D eigenvalue weighted by Gasteiger charge is 2.34. The number of amides is 1. The molecule has 2 heterocycles. The summed E-state index contributed by atoms with van der Waals surface area (Å²) in [4.78, 5) is 21.6. The lowest BCUT2D eigenvalue weighted by molar-refractivity contribution is -0.114. The molecule has 27 heavy (non-hydrogen) atoms. The van der Waals surface area contributed by atoms with Gasteiger partial charge in [0.2, 0.25) is 0 Å². The van der Waals surface area contributed by atoms with E-state index in [4.69, 9.17) is 15.0 Å². The largest absolute Gasteiger partial charge is 0.489 e. The van der Waals surface area contributed by atoms with E-state index in [1.54, 1.807) is 19.1 Å². The van der Waals surface area contributed by atoms with Crippen molar-refractivity contribution in [3.05, 3.63) is 83.1 Å². The highest BCUT2D eigenvalue weighted by atomic mass is 16.7. The lowest BCUT2D eigenvalue weighted by Gasteiger charge is -2.22. The van der Waals surface area contributed by atoms with Gasteiger partial charge in [-0.05, 0) is 36.3 Å². The summed E-state index contributed by atoms with van der Waals surface area (Å²) in [6.07, 6.45) is 3.25. The van der Waals surface area contributed by atoms with Gasteiger partial charge in [0.05, 0.1) is 5.57 Å². The van der Waals surface area contributed by atoms with Crippen molar-refractivity contribution in [3.8, 4) is 5.75 Å². The van der Waals surface area contributed by atoms with Crippen molar-refractivity contribution in [2.45, 2.75) is 13.5 Å². The van der Waals surface area contributed by atoms with Gasteiger partial charge in [-0.1, -0.05) is 42.5 Å². The number of ether oxygens (including phenoxy) is 1. The molecule has 2 aromatic rings. The van der Waals surface area contributed by atoms with Crippen molar-refractivity contribution < 1.29 is 14.4 Å². The number of benzene rings is 2. The van der Waals surface area contributed by atoms with Crippen molar-refractivity contribution in [3.63, 3.8) is 0 Å². The molecule has 6 nitrogen and oxygen atoms in total. The number of carbonyl (C=O) groups is 1. The Morgan fingerprint density at radius 2 is 1.89 bits per heavy atom. The molecule has 1 N–H and O–H groups in total. The molecule has 0 spiro atoms. The molecule has 1 amide bonds. The monoisotopic (exact) mass is 359 g/mol. The van der Waals surface area contributed by atoms with Crippen LogP contribution >= 0.6 is 0 Å². The average molecular weight is 359 g/mol. The topological polar surface area (TPSA) is 75.0 Å². The number of amidine groups is 2. The molecule has 2 aliphatic rings. The van der Waals surface area contributed by atoms with Crippen LogP contribution in [0.4, 0.5) is 0 Å². The van der Waals surface area contributed by atoms with Crippen LogP contribution in [0, 0.1) is 5.41 Å². The fourth-order valence-corrected chi connectivity index (χ4v) is 2.77. The SMILES string of the molecule is CC1=CC2=NC(=O)/C(=C\c3ccc(OCc4ccccc4)cc3)C(=N)N2O1. The summed E-state index contributed by atoms with van der Waals surface area (Å²) in [6, 6.07) is 17.3. The maximum Gasteiger partial charge on any atom is 0.282 e. The Hall–Kier alpha value is -3.67. The number of nitrogens with one attached hydrogen (secondary N) is 1. The molecule has 0 unspecified atom stereocenters. The van der Waals surface area contributed by atoms with E-state index in [-0.39, 0.29) is 11.4 Å². The summed E-state index contributed by atoms with van der Waals surface area (Å²) in [5.74, 6) is 1.18. The minimum atomic E-state index is -0.454. The first-order valence-corrected chi connectivity index (χ1v) is 8.47. The summed E-state index contributed by atoms with van der Waals surface area (Å²) in [5, 5.41) is 9.47. The Morgan fingerprint density at radius 3 is 2.63 bits per heavy atom. The van der Waals surface area contributed by atoms with Crippen LogP contribution < -0.4 is 4.74 Å². The van der Waals surface area contributed by atoms with E-state index in [2.05, 4.69) is 4.99 Å². The molecule has 0 aliphatic carbocycles. The van der Waals surface area contributed by atoms with Crippen molar-refractivity contribution in [1.82, 2.24) is 5.06 Å². The molecular weight excluding hydrogens is 342 g/mol. The minimum absolute atomic E-state index is 0.0255. The Morgan fingerprint density at radius 1 is 1.15 bits per heavy atom. The van der Waals surface area contributed by atoms with Gasteiger partial charge in [0.25, 0.3) is 5.91 Å². The van der Waals surface area contributed by atoms with Gasteiger partial charge in [0, 0.05) is 6.08 Å². The quantitative estimate of drug-likeness (QED) is 0.845. The van der Waals surface area contributed by atoms with Crippen LogP contribution in [0.5, 0.6) is 5.75 Å². The van der Waals surface area contributed by atoms with E-state index < -0.39 is 5.91 Å². The van der Waals surface area contributed by atoms with Crippen molar-refractivity contribution in [2.24, 2.45) is 4.99 Å². The fraction of sp³-hybridized carbons (Fsp3) is 0.0952. The molecule has 0 saturated carbocycles. The minimum Gasteiger partial charge on any atom is -0.489 e. The highest BCUT2D eigenvalue weighted by Crippen LogP contribution is 2.24. The van der Waals surface area contributed by atoms with E-state index >= 15 is 0 Å². The summed E-state index contributed by atoms with van der Waals surface area (Å²) < 4.78 is 5.76. The first-order chi connectivity index (χ1) is 13.1. The predicted octanol–water partition coefficient (Wildman–Crippen LogP) is 3.72. The molecule has 0 atom stereocenters. The van der Waals surface area contributed by atoms with E-state index in [1.165, 1.54) is 5.06 Å². The van der Waals surface area contributed by atoms with Gasteiger partial charge in [-0.25, -0.2) is 0 Å². The molecule has 0 aromatic heterocycles. The Kier molecular flexibility index (Phi) is 4.30. The number of hydrogen-bond donors (Lipinski definition) is 1. The first-order valence-electron chi connectivity index (χ1n) is 8.47. The number of fused-ring (bicyclic) bond motifs is 1. The van der Waals surface area contributed by atoms with Crippen LogP contribution in [0.15, 0.2) is 77.0 Å². The van der Waals surface area contributed by atoms with Crippen LogP contribution in [0.25, 0.3) is 6.08 Å². The molecule has 0 bridgehead atoms. The number of nitrogens with zero attached hydrogens (tertiary/aromatic N) is 2. The summed E-state index contributed by atoms with van der Waals surface area (Å²) in [6.45, 7) is 2.23. The van der Waals surface area contributed by atoms with Gasteiger partial charge in [-0.3, -0.25) is 10.2 Å². The molecule has 0 fully saturated rings. The predicted molar refractivity (Wildman–Crippen MR) is 102 cm³/mol. The second kappa shape index (κ2) is 6.92. The molecule has 2 aromatic carbocycles. The summed E-state index contributed by atoms with van der Waals surface area (Å²) in [7, 11) is 0. The number of allylic oxidation sites excluding steroid dienone is 1. The molecule has 6 heteroatoms. The van der Waals surface area contributed by atoms with Crippen molar-refractivity contribution in [1.29, 1.82) is 5.41 Å². The maximum atomic E-state index is 12.3. The van der Waals surface area contributed by atoms with Gasteiger partial charge in [0.1, 0.15) is 18.1 Å². The zero-order valence-electron chi connectivity index (χ0n) is 14.7. The van der Waals surface area contributed by atoms with Crippen LogP contribution in [0.1, 0.15) is 18.1 Å². The molecule has 0 saturated heterocycles. The van der Waals surface area contributed by atoms with Crippen LogP contribution in [-0.2, 0) is 16.2 Å². The van der Waals surface area contributed by atoms with Gasteiger partial charge in [0.15, 0.2) is 11.7 Å². The third-order valence-corrected chi connectivity index (χ3v) is 4.12. The molecule has 2 aliphatic heterocycles. The molecule has 4 rings (SSSR count). The maximum absolute atomic E-state index is 12.3. The van der Waals surface area contributed by atoms with E-state index in [9.17, 15) is 4.79 Å². The zero-order valence-corrected chi connectivity index (χ0v) is 14.7. The van der Waals surface area contributed by atoms with E-state index in [0.29, 0.717) is 18.2 Å². The first kappa shape index (κ1) is 16.8. The van der Waals surface area contributed by atoms with Gasteiger partial charge >= 0.3 is 0 Å². The lowest BCUT2D eigenvalue weighted by atomic mass is 10.1. The third kappa shape index (κ3) is 3.50. The fourth-order valence-electron chi connectivity index (χ4n) is 2.77. The normalized spacial score (nSPS) is 17.4. The Balaban J connectivity index is 1.48. The number of aliphatic imine (C=N–C) groups is 1. The summed E-state index contributed by atoms with van der Waals surface area (Å²) in [5.41, 5.74) is 2.05. The Bertz CT molecular complexity index is 989. The Labute approximate surface area is 156 Å². The average Bonchev–Trinajstić information content (AvgIpc) is 3.05. The smallest absolute Gasteiger partial charge is 0.282 e. The second-order valence-electron chi connectivity index (χ2n) is 6.17. The number of hydrogen-bond acceptors (Lipinski definition) is 4. The van der Waals surface area contributed by atoms with E-state index in [1.807, 2.05) is 54.6 Å². The van der Waals surface area contributed by atoms with Gasteiger partial charge < -0.3 is 9.57 Å². The number of carbonyl (C=O) groups excluding carboxylic acids is 1. The summed E-state index contributed by atoms with van der Waals surface area (Å²) >= 11 is 0. The van der Waals surface area contributed by atoms with Crippen molar-refractivity contribution >= 4 is 23.7 Å². The van der Waals surface area contributed by atoms with Gasteiger partial charge in [-0.2, -0.15) is 4.99 Å². The molecule has 0 radical (unpaired) electrons. The molecule has 134 valence electrons. The van der Waals surface area contributed by atoms with Crippen LogP contribution in [-0.4, -0.2) is 22.6 Å². The zero-order chi connectivity index (χ0) is 18.8. The molecular formula is C21H17N3O3. The van der Waals surface area contributed by atoms with Crippen LogP contribution in [0.2, 0.25) is 0 Å². The highest BCUT2D eigenvalue weighted by molar-refractivity contribution is 6.32. The number of hydroxylamine groups is 2. The lowest BCUT2D eigenvalue weighted by Crippen LogP contribution is -2.38. The standard InChI is InChI=1S/C21H17N3O3/c1-14-11-19-23-21(25)18(20(22)24(19)27-14)12-15-7-9-17(10-8-15)26-13-16-5-3-2-4-6-16/h2-12,22H,13H2,1H3/b18-12-,22-20?. The number of rotatable bonds is 4. The van der Waals surface area contributed by atoms with Gasteiger partial charge in [-0.15, -0.1) is 5.06 Å². The third-order valence-electron chi connectivity index (χ3n) is 4.12. The van der Waals surface area contributed by atoms with E-state index in [0.717, 1.165) is 16.9 Å². The van der Waals surface area contributed by atoms with Crippen LogP contribution in [0.3, 0.4) is 0 Å². The van der Waals surface area contributed by atoms with Crippen molar-refractivity contribution in [2.75, 3.05) is 0 Å². The second-order valence-corrected chi connectivity index (χ2v) is 6.17.